The highest BCUT2D eigenvalue weighted by molar-refractivity contribution is 7.99. The Morgan fingerprint density at radius 3 is 2.68 bits per heavy atom. The number of carbonyl (C=O) groups is 1. The molecule has 1 aromatic heterocycles. The first-order valence-corrected chi connectivity index (χ1v) is 11.0. The molecule has 0 saturated carbocycles. The third-order valence-corrected chi connectivity index (χ3v) is 5.87. The van der Waals surface area contributed by atoms with Gasteiger partial charge < -0.3 is 15.0 Å². The van der Waals surface area contributed by atoms with Crippen molar-refractivity contribution in [1.29, 1.82) is 5.26 Å². The van der Waals surface area contributed by atoms with Gasteiger partial charge >= 0.3 is 0 Å². The molecule has 1 saturated heterocycles. The molecule has 2 heterocycles. The maximum atomic E-state index is 12.5. The van der Waals surface area contributed by atoms with Crippen molar-refractivity contribution >= 4 is 40.9 Å². The summed E-state index contributed by atoms with van der Waals surface area (Å²) in [6, 6.07) is 16.6. The average Bonchev–Trinajstić information content (AvgIpc) is 3.23. The van der Waals surface area contributed by atoms with E-state index in [-0.39, 0.29) is 11.7 Å². The molecule has 1 aliphatic heterocycles. The highest BCUT2D eigenvalue weighted by Crippen LogP contribution is 2.27. The normalized spacial score (nSPS) is 13.6. The van der Waals surface area contributed by atoms with Crippen molar-refractivity contribution in [3.05, 3.63) is 59.1 Å². The molecule has 0 spiro atoms. The molecule has 10 heteroatoms. The van der Waals surface area contributed by atoms with Crippen LogP contribution in [-0.4, -0.2) is 52.7 Å². The van der Waals surface area contributed by atoms with E-state index >= 15 is 0 Å². The van der Waals surface area contributed by atoms with Crippen molar-refractivity contribution in [1.82, 2.24) is 14.8 Å². The van der Waals surface area contributed by atoms with Crippen LogP contribution in [0.2, 0.25) is 5.02 Å². The Morgan fingerprint density at radius 1 is 1.19 bits per heavy atom. The van der Waals surface area contributed by atoms with E-state index in [1.807, 2.05) is 41.0 Å². The van der Waals surface area contributed by atoms with Crippen LogP contribution in [0.15, 0.2) is 53.7 Å². The number of nitrogens with zero attached hydrogens (tertiary/aromatic N) is 5. The lowest BCUT2D eigenvalue weighted by Gasteiger charge is -2.27. The van der Waals surface area contributed by atoms with Gasteiger partial charge in [-0.05, 0) is 30.3 Å². The standard InChI is InChI=1S/C21H19ClN6O2S/c22-18-12-16(7-6-15(18)13-23)24-19(29)14-31-21-26-25-20(27-8-10-30-11-9-27)28(21)17-4-2-1-3-5-17/h1-7,12H,8-11,14H2,(H,24,29). The van der Waals surface area contributed by atoms with Crippen LogP contribution in [0.3, 0.4) is 0 Å². The van der Waals surface area contributed by atoms with E-state index in [9.17, 15) is 4.79 Å². The number of benzene rings is 2. The smallest absolute Gasteiger partial charge is 0.234 e. The first-order valence-electron chi connectivity index (χ1n) is 9.61. The van der Waals surface area contributed by atoms with Gasteiger partial charge in [-0.15, -0.1) is 10.2 Å². The minimum absolute atomic E-state index is 0.145. The van der Waals surface area contributed by atoms with Gasteiger partial charge in [-0.25, -0.2) is 0 Å². The Balaban J connectivity index is 1.50. The zero-order valence-electron chi connectivity index (χ0n) is 16.5. The summed E-state index contributed by atoms with van der Waals surface area (Å²) in [6.07, 6.45) is 0. The van der Waals surface area contributed by atoms with Gasteiger partial charge in [-0.3, -0.25) is 9.36 Å². The Labute approximate surface area is 188 Å². The van der Waals surface area contributed by atoms with Gasteiger partial charge in [0.2, 0.25) is 11.9 Å². The maximum absolute atomic E-state index is 12.5. The van der Waals surface area contributed by atoms with Crippen molar-refractivity contribution < 1.29 is 9.53 Å². The summed E-state index contributed by atoms with van der Waals surface area (Å²) in [7, 11) is 0. The van der Waals surface area contributed by atoms with Gasteiger partial charge in [0.05, 0.1) is 35.2 Å². The van der Waals surface area contributed by atoms with Gasteiger partial charge in [0.15, 0.2) is 5.16 Å². The number of thioether (sulfide) groups is 1. The van der Waals surface area contributed by atoms with Crippen LogP contribution in [0, 0.1) is 11.3 Å². The van der Waals surface area contributed by atoms with E-state index in [1.54, 1.807) is 18.2 Å². The molecule has 0 unspecified atom stereocenters. The Morgan fingerprint density at radius 2 is 1.97 bits per heavy atom. The number of para-hydroxylation sites is 1. The lowest BCUT2D eigenvalue weighted by Crippen LogP contribution is -2.37. The zero-order chi connectivity index (χ0) is 21.6. The molecule has 0 radical (unpaired) electrons. The number of nitrogens with one attached hydrogen (secondary N) is 1. The van der Waals surface area contributed by atoms with Crippen molar-refractivity contribution in [3.8, 4) is 11.8 Å². The van der Waals surface area contributed by atoms with E-state index < -0.39 is 0 Å². The monoisotopic (exact) mass is 454 g/mol. The van der Waals surface area contributed by atoms with Gasteiger partial charge in [-0.1, -0.05) is 41.6 Å². The molecule has 2 aromatic carbocycles. The van der Waals surface area contributed by atoms with Crippen LogP contribution >= 0.6 is 23.4 Å². The van der Waals surface area contributed by atoms with Crippen molar-refractivity contribution in [2.45, 2.75) is 5.16 Å². The van der Waals surface area contributed by atoms with Crippen LogP contribution < -0.4 is 10.2 Å². The minimum atomic E-state index is -0.207. The van der Waals surface area contributed by atoms with Crippen LogP contribution in [0.4, 0.5) is 11.6 Å². The lowest BCUT2D eigenvalue weighted by molar-refractivity contribution is -0.113. The molecule has 1 N–H and O–H groups in total. The summed E-state index contributed by atoms with van der Waals surface area (Å²) in [6.45, 7) is 2.74. The molecule has 31 heavy (non-hydrogen) atoms. The largest absolute Gasteiger partial charge is 0.378 e. The summed E-state index contributed by atoms with van der Waals surface area (Å²) < 4.78 is 7.41. The van der Waals surface area contributed by atoms with Gasteiger partial charge in [0.25, 0.3) is 0 Å². The third-order valence-electron chi connectivity index (χ3n) is 4.63. The number of morpholine rings is 1. The van der Waals surface area contributed by atoms with Crippen LogP contribution in [0.25, 0.3) is 5.69 Å². The molecule has 4 rings (SSSR count). The van der Waals surface area contributed by atoms with Crippen LogP contribution in [0.1, 0.15) is 5.56 Å². The van der Waals surface area contributed by atoms with Crippen molar-refractivity contribution in [2.75, 3.05) is 42.3 Å². The number of aromatic nitrogens is 3. The summed E-state index contributed by atoms with van der Waals surface area (Å²) in [5, 5.41) is 21.4. The molecule has 158 valence electrons. The van der Waals surface area contributed by atoms with Gasteiger partial charge in [0, 0.05) is 18.8 Å². The Kier molecular flexibility index (Phi) is 6.72. The number of rotatable bonds is 6. The Bertz CT molecular complexity index is 1110. The quantitative estimate of drug-likeness (QED) is 0.570. The molecule has 3 aromatic rings. The van der Waals surface area contributed by atoms with E-state index in [2.05, 4.69) is 20.4 Å². The summed E-state index contributed by atoms with van der Waals surface area (Å²) >= 11 is 7.34. The summed E-state index contributed by atoms with van der Waals surface area (Å²) in [5.74, 6) is 0.670. The highest BCUT2D eigenvalue weighted by Gasteiger charge is 2.22. The van der Waals surface area contributed by atoms with E-state index in [4.69, 9.17) is 21.6 Å². The average molecular weight is 455 g/mol. The molecule has 0 aliphatic carbocycles. The minimum Gasteiger partial charge on any atom is -0.378 e. The second-order valence-electron chi connectivity index (χ2n) is 6.70. The number of anilines is 2. The number of carbonyl (C=O) groups excluding carboxylic acids is 1. The number of ether oxygens (including phenoxy) is 1. The lowest BCUT2D eigenvalue weighted by atomic mass is 10.2. The first-order chi connectivity index (χ1) is 15.2. The number of hydrogen-bond acceptors (Lipinski definition) is 7. The second-order valence-corrected chi connectivity index (χ2v) is 8.05. The number of amides is 1. The molecule has 1 amide bonds. The van der Waals surface area contributed by atoms with Crippen LogP contribution in [0.5, 0.6) is 0 Å². The SMILES string of the molecule is N#Cc1ccc(NC(=O)CSc2nnc(N3CCOCC3)n2-c2ccccc2)cc1Cl. The fourth-order valence-electron chi connectivity index (χ4n) is 3.14. The van der Waals surface area contributed by atoms with Gasteiger partial charge in [-0.2, -0.15) is 5.26 Å². The predicted octanol–water partition coefficient (Wildman–Crippen LogP) is 3.36. The molecule has 1 aliphatic rings. The van der Waals surface area contributed by atoms with Crippen molar-refractivity contribution in [3.63, 3.8) is 0 Å². The maximum Gasteiger partial charge on any atom is 0.234 e. The van der Waals surface area contributed by atoms with E-state index in [0.717, 1.165) is 24.7 Å². The topological polar surface area (TPSA) is 96.1 Å². The van der Waals surface area contributed by atoms with Crippen molar-refractivity contribution in [2.24, 2.45) is 0 Å². The number of hydrogen-bond donors (Lipinski definition) is 1. The summed E-state index contributed by atoms with van der Waals surface area (Å²) in [4.78, 5) is 14.6. The number of halogens is 1. The zero-order valence-corrected chi connectivity index (χ0v) is 18.1. The van der Waals surface area contributed by atoms with Crippen LogP contribution in [-0.2, 0) is 9.53 Å². The first kappa shape index (κ1) is 21.2. The molecule has 1 fully saturated rings. The number of nitriles is 1. The molecular formula is C21H19ClN6O2S. The van der Waals surface area contributed by atoms with E-state index in [1.165, 1.54) is 11.8 Å². The fraction of sp³-hybridized carbons (Fsp3) is 0.238. The van der Waals surface area contributed by atoms with Gasteiger partial charge in [0.1, 0.15) is 6.07 Å². The predicted molar refractivity (Wildman–Crippen MR) is 120 cm³/mol. The molecular weight excluding hydrogens is 436 g/mol. The fourth-order valence-corrected chi connectivity index (χ4v) is 4.11. The van der Waals surface area contributed by atoms with E-state index in [0.29, 0.717) is 34.6 Å². The summed E-state index contributed by atoms with van der Waals surface area (Å²) in [5.41, 5.74) is 1.82. The molecule has 0 bridgehead atoms. The molecule has 8 nitrogen and oxygen atoms in total. The molecule has 0 atom stereocenters. The second kappa shape index (κ2) is 9.83. The third kappa shape index (κ3) is 4.99. The Hall–Kier alpha value is -3.06. The highest BCUT2D eigenvalue weighted by atomic mass is 35.5.